The molecule has 0 saturated carbocycles. The summed E-state index contributed by atoms with van der Waals surface area (Å²) in [6.07, 6.45) is 1.47. The van der Waals surface area contributed by atoms with Crippen molar-refractivity contribution in [3.8, 4) is 5.75 Å². The molecule has 0 radical (unpaired) electrons. The minimum absolute atomic E-state index is 0.0392. The van der Waals surface area contributed by atoms with Crippen LogP contribution in [-0.2, 0) is 4.79 Å². The SMILES string of the molecule is COc1ccc(C=C(NC(=O)c2ccc(Br)o2)C(N)=O)cc1. The maximum atomic E-state index is 12.0. The summed E-state index contributed by atoms with van der Waals surface area (Å²) in [5.74, 6) is -0.574. The Kier molecular flexibility index (Phi) is 5.00. The number of ether oxygens (including phenoxy) is 1. The predicted octanol–water partition coefficient (Wildman–Crippen LogP) is 2.31. The van der Waals surface area contributed by atoms with Gasteiger partial charge in [-0.15, -0.1) is 0 Å². The quantitative estimate of drug-likeness (QED) is 0.795. The van der Waals surface area contributed by atoms with E-state index in [0.717, 1.165) is 0 Å². The van der Waals surface area contributed by atoms with E-state index < -0.39 is 11.8 Å². The van der Waals surface area contributed by atoms with E-state index in [0.29, 0.717) is 16.0 Å². The van der Waals surface area contributed by atoms with E-state index in [1.807, 2.05) is 0 Å². The van der Waals surface area contributed by atoms with Gasteiger partial charge in [-0.05, 0) is 51.8 Å². The van der Waals surface area contributed by atoms with E-state index in [9.17, 15) is 9.59 Å². The molecule has 0 saturated heterocycles. The molecule has 0 aliphatic rings. The molecule has 0 spiro atoms. The van der Waals surface area contributed by atoms with E-state index in [1.54, 1.807) is 37.4 Å². The number of hydrogen-bond donors (Lipinski definition) is 2. The smallest absolute Gasteiger partial charge is 0.291 e. The lowest BCUT2D eigenvalue weighted by atomic mass is 10.2. The number of rotatable bonds is 5. The molecule has 2 aromatic rings. The van der Waals surface area contributed by atoms with Crippen LogP contribution in [-0.4, -0.2) is 18.9 Å². The first kappa shape index (κ1) is 15.8. The lowest BCUT2D eigenvalue weighted by Crippen LogP contribution is -2.30. The topological polar surface area (TPSA) is 94.6 Å². The number of primary amides is 1. The van der Waals surface area contributed by atoms with Gasteiger partial charge in [-0.1, -0.05) is 12.1 Å². The van der Waals surface area contributed by atoms with Crippen LogP contribution in [0.25, 0.3) is 6.08 Å². The molecule has 0 bridgehead atoms. The fourth-order valence-corrected chi connectivity index (χ4v) is 1.96. The number of furan rings is 1. The standard InChI is InChI=1S/C15H13BrN2O4/c1-21-10-4-2-9(3-5-10)8-11(14(17)19)18-15(20)12-6-7-13(16)22-12/h2-8H,1H3,(H2,17,19)(H,18,20). The monoisotopic (exact) mass is 364 g/mol. The summed E-state index contributed by atoms with van der Waals surface area (Å²) in [5.41, 5.74) is 5.94. The van der Waals surface area contributed by atoms with Crippen LogP contribution in [0.1, 0.15) is 16.1 Å². The van der Waals surface area contributed by atoms with Gasteiger partial charge >= 0.3 is 0 Å². The third-order valence-electron chi connectivity index (χ3n) is 2.74. The molecule has 1 heterocycles. The van der Waals surface area contributed by atoms with Gasteiger partial charge in [-0.3, -0.25) is 9.59 Å². The Hall–Kier alpha value is -2.54. The van der Waals surface area contributed by atoms with E-state index in [-0.39, 0.29) is 11.5 Å². The van der Waals surface area contributed by atoms with Crippen LogP contribution >= 0.6 is 15.9 Å². The Labute approximate surface area is 135 Å². The molecule has 1 aromatic carbocycles. The molecule has 2 rings (SSSR count). The Morgan fingerprint density at radius 2 is 1.91 bits per heavy atom. The second-order valence-electron chi connectivity index (χ2n) is 4.25. The minimum Gasteiger partial charge on any atom is -0.497 e. The number of methoxy groups -OCH3 is 1. The highest BCUT2D eigenvalue weighted by molar-refractivity contribution is 9.10. The van der Waals surface area contributed by atoms with Crippen LogP contribution in [0.2, 0.25) is 0 Å². The molecule has 114 valence electrons. The van der Waals surface area contributed by atoms with Gasteiger partial charge in [0, 0.05) is 0 Å². The van der Waals surface area contributed by atoms with Crippen molar-refractivity contribution in [3.63, 3.8) is 0 Å². The van der Waals surface area contributed by atoms with E-state index in [1.165, 1.54) is 12.1 Å². The van der Waals surface area contributed by atoms with Crippen LogP contribution < -0.4 is 15.8 Å². The van der Waals surface area contributed by atoms with Gasteiger partial charge < -0.3 is 20.2 Å². The van der Waals surface area contributed by atoms with Crippen LogP contribution in [0.15, 0.2) is 51.2 Å². The van der Waals surface area contributed by atoms with Gasteiger partial charge in [-0.25, -0.2) is 0 Å². The first-order valence-corrected chi connectivity index (χ1v) is 7.01. The van der Waals surface area contributed by atoms with Gasteiger partial charge in [-0.2, -0.15) is 0 Å². The van der Waals surface area contributed by atoms with Gasteiger partial charge in [0.05, 0.1) is 7.11 Å². The number of carbonyl (C=O) groups is 2. The molecule has 0 fully saturated rings. The zero-order chi connectivity index (χ0) is 16.1. The molecule has 6 nitrogen and oxygen atoms in total. The first-order valence-electron chi connectivity index (χ1n) is 6.22. The van der Waals surface area contributed by atoms with Crippen molar-refractivity contribution in [2.24, 2.45) is 5.73 Å². The van der Waals surface area contributed by atoms with Crippen molar-refractivity contribution < 1.29 is 18.7 Å². The molecule has 0 unspecified atom stereocenters. The summed E-state index contributed by atoms with van der Waals surface area (Å²) in [4.78, 5) is 23.4. The Morgan fingerprint density at radius 1 is 1.23 bits per heavy atom. The van der Waals surface area contributed by atoms with Gasteiger partial charge in [0.15, 0.2) is 10.4 Å². The second-order valence-corrected chi connectivity index (χ2v) is 5.03. The number of hydrogen-bond acceptors (Lipinski definition) is 4. The van der Waals surface area contributed by atoms with Gasteiger partial charge in [0.2, 0.25) is 0 Å². The Bertz CT molecular complexity index is 719. The molecule has 22 heavy (non-hydrogen) atoms. The third-order valence-corrected chi connectivity index (χ3v) is 3.16. The first-order chi connectivity index (χ1) is 10.5. The molecule has 0 aliphatic carbocycles. The number of benzene rings is 1. The average molecular weight is 365 g/mol. The summed E-state index contributed by atoms with van der Waals surface area (Å²) in [6, 6.07) is 9.98. The maximum Gasteiger partial charge on any atom is 0.291 e. The van der Waals surface area contributed by atoms with Gasteiger partial charge in [0.1, 0.15) is 11.4 Å². The Morgan fingerprint density at radius 3 is 2.41 bits per heavy atom. The summed E-state index contributed by atoms with van der Waals surface area (Å²) >= 11 is 3.10. The zero-order valence-electron chi connectivity index (χ0n) is 11.6. The number of nitrogens with one attached hydrogen (secondary N) is 1. The van der Waals surface area contributed by atoms with Crippen molar-refractivity contribution in [2.75, 3.05) is 7.11 Å². The van der Waals surface area contributed by atoms with Crippen molar-refractivity contribution in [1.82, 2.24) is 5.32 Å². The number of carbonyl (C=O) groups excluding carboxylic acids is 2. The maximum absolute atomic E-state index is 12.0. The highest BCUT2D eigenvalue weighted by atomic mass is 79.9. The third kappa shape index (κ3) is 3.98. The van der Waals surface area contributed by atoms with Crippen molar-refractivity contribution >= 4 is 33.8 Å². The fourth-order valence-electron chi connectivity index (χ4n) is 1.66. The lowest BCUT2D eigenvalue weighted by Gasteiger charge is -2.06. The normalized spacial score (nSPS) is 11.1. The summed E-state index contributed by atoms with van der Waals surface area (Å²) in [6.45, 7) is 0. The fraction of sp³-hybridized carbons (Fsp3) is 0.0667. The van der Waals surface area contributed by atoms with Crippen molar-refractivity contribution in [1.29, 1.82) is 0 Å². The molecule has 0 atom stereocenters. The highest BCUT2D eigenvalue weighted by Gasteiger charge is 2.15. The van der Waals surface area contributed by atoms with E-state index in [4.69, 9.17) is 14.9 Å². The summed E-state index contributed by atoms with van der Waals surface area (Å²) in [5, 5.41) is 2.42. The summed E-state index contributed by atoms with van der Waals surface area (Å²) < 4.78 is 10.6. The molecule has 7 heteroatoms. The van der Waals surface area contributed by atoms with Crippen LogP contribution in [0.3, 0.4) is 0 Å². The molecule has 3 N–H and O–H groups in total. The molecule has 0 aliphatic heterocycles. The zero-order valence-corrected chi connectivity index (χ0v) is 13.2. The molecule has 1 aromatic heterocycles. The second kappa shape index (κ2) is 6.95. The molecular formula is C15H13BrN2O4. The summed E-state index contributed by atoms with van der Waals surface area (Å²) in [7, 11) is 1.56. The number of halogens is 1. The van der Waals surface area contributed by atoms with E-state index in [2.05, 4.69) is 21.2 Å². The van der Waals surface area contributed by atoms with Crippen LogP contribution in [0, 0.1) is 0 Å². The largest absolute Gasteiger partial charge is 0.497 e. The Balaban J connectivity index is 2.20. The highest BCUT2D eigenvalue weighted by Crippen LogP contribution is 2.15. The van der Waals surface area contributed by atoms with Crippen molar-refractivity contribution in [3.05, 3.63) is 58.1 Å². The predicted molar refractivity (Wildman–Crippen MR) is 84.0 cm³/mol. The molecule has 2 amide bonds. The van der Waals surface area contributed by atoms with Crippen molar-refractivity contribution in [2.45, 2.75) is 0 Å². The van der Waals surface area contributed by atoms with Crippen LogP contribution in [0.4, 0.5) is 0 Å². The number of amides is 2. The average Bonchev–Trinajstić information content (AvgIpc) is 2.94. The van der Waals surface area contributed by atoms with Gasteiger partial charge in [0.25, 0.3) is 11.8 Å². The van der Waals surface area contributed by atoms with E-state index >= 15 is 0 Å². The minimum atomic E-state index is -0.755. The molecular weight excluding hydrogens is 352 g/mol. The van der Waals surface area contributed by atoms with Crippen LogP contribution in [0.5, 0.6) is 5.75 Å². The number of nitrogens with two attached hydrogens (primary N) is 1. The lowest BCUT2D eigenvalue weighted by molar-refractivity contribution is -0.114.